The van der Waals surface area contributed by atoms with E-state index >= 15 is 0 Å². The van der Waals surface area contributed by atoms with Gasteiger partial charge < -0.3 is 5.40 Å². The van der Waals surface area contributed by atoms with Gasteiger partial charge >= 0.3 is 29.6 Å². The van der Waals surface area contributed by atoms with Gasteiger partial charge in [0.25, 0.3) is 0 Å². The first-order chi connectivity index (χ1) is 1.73. The zero-order valence-electron chi connectivity index (χ0n) is 4.08. The third-order valence-corrected chi connectivity index (χ3v) is 0. The van der Waals surface area contributed by atoms with Crippen LogP contribution in [-0.2, 0) is 0 Å². The summed E-state index contributed by atoms with van der Waals surface area (Å²) >= 11 is 0. The second-order valence-corrected chi connectivity index (χ2v) is 3.46. The van der Waals surface area contributed by atoms with Gasteiger partial charge in [-0.15, -0.1) is 0 Å². The molecule has 0 aliphatic rings. The molecule has 0 aromatic rings. The molecule has 0 amide bonds. The fourth-order valence-corrected chi connectivity index (χ4v) is 0. The van der Waals surface area contributed by atoms with Gasteiger partial charge in [-0.3, -0.25) is 0 Å². The van der Waals surface area contributed by atoms with Crippen LogP contribution in [0.3, 0.4) is 0 Å². The molecule has 0 saturated heterocycles. The monoisotopic (exact) mass is 97.0 g/mol. The first kappa shape index (κ1) is 9.49. The average molecular weight is 97.2 g/mol. The summed E-state index contributed by atoms with van der Waals surface area (Å²) in [5.41, 5.74) is 0. The summed E-state index contributed by atoms with van der Waals surface area (Å²) in [7, 11) is -0.889. The van der Waals surface area contributed by atoms with Crippen LogP contribution in [0.2, 0.25) is 13.1 Å². The van der Waals surface area contributed by atoms with Crippen molar-refractivity contribution < 1.29 is 29.6 Å². The fourth-order valence-electron chi connectivity index (χ4n) is 0. The van der Waals surface area contributed by atoms with E-state index in [1.807, 2.05) is 13.1 Å². The maximum atomic E-state index is 6.72. The number of hydrogen-bond donors (Lipinski definition) is 0. The molecule has 0 aliphatic carbocycles. The third kappa shape index (κ3) is 37.7. The topological polar surface area (TPSA) is 23.8 Å². The molecule has 3 heteroatoms. The van der Waals surface area contributed by atoms with E-state index in [1.54, 1.807) is 0 Å². The summed E-state index contributed by atoms with van der Waals surface area (Å²) in [5, 5.41) is 6.72. The van der Waals surface area contributed by atoms with Crippen LogP contribution in [0.4, 0.5) is 0 Å². The minimum atomic E-state index is -0.889. The van der Waals surface area contributed by atoms with E-state index in [0.29, 0.717) is 0 Å². The van der Waals surface area contributed by atoms with Gasteiger partial charge in [0, 0.05) is 0 Å². The predicted octanol–water partition coefficient (Wildman–Crippen LogP) is -1.97. The maximum absolute atomic E-state index is 6.72. The van der Waals surface area contributed by atoms with Gasteiger partial charge in [0.15, 0.2) is 0 Å². The van der Waals surface area contributed by atoms with Gasteiger partial charge in [0.05, 0.1) is 0 Å². The van der Waals surface area contributed by atoms with Gasteiger partial charge in [0.1, 0.15) is 0 Å². The first-order valence-corrected chi connectivity index (χ1v) is 4.33. The van der Waals surface area contributed by atoms with Crippen LogP contribution in [0.5, 0.6) is 0 Å². The second kappa shape index (κ2) is 5.18. The van der Waals surface area contributed by atoms with Gasteiger partial charge in [-0.2, -0.15) is 0 Å². The number of hydrogen-bond acceptors (Lipinski definition) is 0. The van der Waals surface area contributed by atoms with Crippen molar-refractivity contribution in [2.45, 2.75) is 13.1 Å². The van der Waals surface area contributed by atoms with E-state index in [4.69, 9.17) is 5.40 Å². The van der Waals surface area contributed by atoms with Crippen molar-refractivity contribution in [3.05, 3.63) is 5.40 Å². The molecule has 26 valence electrons. The Kier molecular flexibility index (Phi) is 9.82. The van der Waals surface area contributed by atoms with E-state index in [-0.39, 0.29) is 29.6 Å². The summed E-state index contributed by atoms with van der Waals surface area (Å²) in [6.07, 6.45) is 0. The molecule has 0 heterocycles. The molecule has 0 radical (unpaired) electrons. The molecular weight excluding hydrogens is 89.1 g/mol. The van der Waals surface area contributed by atoms with Crippen LogP contribution in [0.25, 0.3) is 5.40 Å². The van der Waals surface area contributed by atoms with E-state index in [0.717, 1.165) is 0 Å². The molecule has 0 aromatic heterocycles. The molecule has 1 nitrogen and oxygen atoms in total. The normalized spacial score (nSPS) is 7.20. The SMILES string of the molecule is C[SiH](C)[NH-].[Na+]. The Morgan fingerprint density at radius 1 is 1.40 bits per heavy atom. The van der Waals surface area contributed by atoms with E-state index < -0.39 is 8.96 Å². The van der Waals surface area contributed by atoms with Crippen LogP contribution in [0, 0.1) is 0 Å². The zero-order chi connectivity index (χ0) is 3.58. The Balaban J connectivity index is 0. The Labute approximate surface area is 56.9 Å². The Hall–Kier alpha value is 1.18. The molecule has 0 saturated carbocycles. The largest absolute Gasteiger partial charge is 1.00 e. The molecule has 0 fully saturated rings. The van der Waals surface area contributed by atoms with Crippen molar-refractivity contribution in [2.24, 2.45) is 0 Å². The van der Waals surface area contributed by atoms with Crippen LogP contribution in [0.15, 0.2) is 0 Å². The maximum Gasteiger partial charge on any atom is 1.00 e. The minimum absolute atomic E-state index is 0. The molecule has 0 aliphatic heterocycles. The third-order valence-electron chi connectivity index (χ3n) is 0. The van der Waals surface area contributed by atoms with E-state index in [1.165, 1.54) is 0 Å². The van der Waals surface area contributed by atoms with Crippen LogP contribution in [0.1, 0.15) is 0 Å². The Bertz CT molecular complexity index is 14.4. The standard InChI is InChI=1S/C2H8NSi.Na/c1-4(2)3;/h3-4H,1-2H3;/q-1;+1. The summed E-state index contributed by atoms with van der Waals surface area (Å²) in [5.74, 6) is 0. The van der Waals surface area contributed by atoms with Gasteiger partial charge in [-0.05, 0) is 0 Å². The average Bonchev–Trinajstić information content (AvgIpc) is 0.811. The first-order valence-electron chi connectivity index (χ1n) is 1.44. The molecular formula is C2H8NNaSi. The van der Waals surface area contributed by atoms with Gasteiger partial charge in [-0.25, -0.2) is 0 Å². The smallest absolute Gasteiger partial charge is 0.682 e. The molecule has 0 rings (SSSR count). The molecule has 0 atom stereocenters. The van der Waals surface area contributed by atoms with Gasteiger partial charge in [0.2, 0.25) is 0 Å². The molecule has 0 aromatic carbocycles. The number of rotatable bonds is 0. The van der Waals surface area contributed by atoms with E-state index in [9.17, 15) is 0 Å². The summed E-state index contributed by atoms with van der Waals surface area (Å²) in [6.45, 7) is 3.94. The van der Waals surface area contributed by atoms with Crippen molar-refractivity contribution in [3.8, 4) is 0 Å². The zero-order valence-corrected chi connectivity index (χ0v) is 7.23. The van der Waals surface area contributed by atoms with Crippen molar-refractivity contribution in [3.63, 3.8) is 0 Å². The molecule has 0 bridgehead atoms. The molecule has 1 N–H and O–H groups in total. The second-order valence-electron chi connectivity index (χ2n) is 1.15. The Morgan fingerprint density at radius 2 is 1.40 bits per heavy atom. The van der Waals surface area contributed by atoms with Gasteiger partial charge in [-0.1, -0.05) is 22.1 Å². The molecule has 5 heavy (non-hydrogen) atoms. The predicted molar refractivity (Wildman–Crippen MR) is 23.2 cm³/mol. The van der Waals surface area contributed by atoms with Crippen LogP contribution < -0.4 is 29.6 Å². The summed E-state index contributed by atoms with van der Waals surface area (Å²) in [6, 6.07) is 0. The molecule has 0 spiro atoms. The number of nitrogens with one attached hydrogen (secondary N) is 1. The van der Waals surface area contributed by atoms with Crippen molar-refractivity contribution in [2.75, 3.05) is 0 Å². The van der Waals surface area contributed by atoms with Crippen LogP contribution in [-0.4, -0.2) is 8.96 Å². The molecule has 0 unspecified atom stereocenters. The van der Waals surface area contributed by atoms with Crippen molar-refractivity contribution in [1.82, 2.24) is 0 Å². The van der Waals surface area contributed by atoms with Crippen LogP contribution >= 0.6 is 0 Å². The van der Waals surface area contributed by atoms with E-state index in [2.05, 4.69) is 0 Å². The summed E-state index contributed by atoms with van der Waals surface area (Å²) in [4.78, 5) is 0. The summed E-state index contributed by atoms with van der Waals surface area (Å²) < 4.78 is 0. The van der Waals surface area contributed by atoms with Crippen molar-refractivity contribution in [1.29, 1.82) is 0 Å². The Morgan fingerprint density at radius 3 is 1.40 bits per heavy atom. The fraction of sp³-hybridized carbons (Fsp3) is 1.00. The minimum Gasteiger partial charge on any atom is -0.682 e. The quantitative estimate of drug-likeness (QED) is 0.313. The van der Waals surface area contributed by atoms with Crippen molar-refractivity contribution >= 4 is 8.96 Å².